The number of nitrogens with zero attached hydrogens (tertiary/aromatic N) is 4. The minimum atomic E-state index is -1.12. The van der Waals surface area contributed by atoms with Gasteiger partial charge < -0.3 is 75.8 Å². The number of hydrogen-bond donors (Lipinski definition) is 8. The molecule has 101 heavy (non-hydrogen) atoms. The summed E-state index contributed by atoms with van der Waals surface area (Å²) in [5.41, 5.74) is 6.44. The number of carbonyl (C=O) groups excluding carboxylic acids is 11. The van der Waals surface area contributed by atoms with Gasteiger partial charge in [-0.15, -0.1) is 0 Å². The summed E-state index contributed by atoms with van der Waals surface area (Å²) in [6.07, 6.45) is 3.09. The average Bonchev–Trinajstić information content (AvgIpc) is 1.57. The molecule has 2 aromatic carbocycles. The fourth-order valence-electron chi connectivity index (χ4n) is 12.5. The Morgan fingerprint density at radius 1 is 0.693 bits per heavy atom. The highest BCUT2D eigenvalue weighted by atomic mass is 32.2. The number of carbonyl (C=O) groups is 11. The van der Waals surface area contributed by atoms with Gasteiger partial charge in [-0.25, -0.2) is 4.79 Å². The second-order valence-corrected chi connectivity index (χ2v) is 28.6. The number of hydrogen-bond acceptors (Lipinski definition) is 17. The van der Waals surface area contributed by atoms with E-state index in [0.717, 1.165) is 10.5 Å². The molecule has 2 aliphatic rings. The number of urea groups is 1. The Morgan fingerprint density at radius 2 is 1.30 bits per heavy atom. The quantitative estimate of drug-likeness (QED) is 0.0265. The molecule has 2 heterocycles. The Kier molecular flexibility index (Phi) is 37.3. The number of imide groups is 1. The standard InChI is InChI=1S/C72H114N12O16S/c1-16-48(9)64(82(13)71(94)62(46(5)6)79-70(93)63(47(7)8)81(11)12)56(96-14)44-60(88)83-35-22-26-55(83)65(97-15)49(10)66(89)77-54(43-50-23-19-18-20-24-50)68(91)80-101(17-2)52-29-27-51(28-30-52)75-67(90)53(25-21-34-74-72(73)95)76-69(92)61(45(3)4)78-57(85)33-37-98-39-41-100-42-40-99-38-36-84-58(86)31-32-59(84)87/h17-20,23-24,27-32,45-49,53-56,61-65H,16,21-22,25-26,33-44H2,1-15H3,(H,75,90)(H,76,92)(H,77,89)(H,78,85)(H,79,93)(H,80,91)(H3,73,74,95)/t48-,49+,53-,54-,55-,56+,61-,62-,63-,64-,65+,101?/m0/s1. The number of rotatable bonds is 45. The molecule has 9 N–H and O–H groups in total. The Balaban J connectivity index is 1.41. The highest BCUT2D eigenvalue weighted by molar-refractivity contribution is 8.13. The summed E-state index contributed by atoms with van der Waals surface area (Å²) < 4.78 is 31.8. The van der Waals surface area contributed by atoms with Crippen LogP contribution in [0.1, 0.15) is 120 Å². The summed E-state index contributed by atoms with van der Waals surface area (Å²) in [7, 11) is 7.37. The van der Waals surface area contributed by atoms with E-state index in [2.05, 4.69) is 36.6 Å². The number of primary amides is 1. The number of likely N-dealkylation sites (N-methyl/N-ethyl adjacent to an activating group) is 2. The summed E-state index contributed by atoms with van der Waals surface area (Å²) in [5.74, 6) is -5.72. The molecule has 2 aliphatic heterocycles. The predicted molar refractivity (Wildman–Crippen MR) is 387 cm³/mol. The number of nitrogens with two attached hydrogens (primary N) is 1. The zero-order chi connectivity index (χ0) is 75.0. The largest absolute Gasteiger partial charge is 0.379 e. The molecule has 0 spiro atoms. The topological polar surface area (TPSA) is 357 Å². The van der Waals surface area contributed by atoms with Crippen LogP contribution in [0.4, 0.5) is 10.5 Å². The maximum absolute atomic E-state index is 14.7. The summed E-state index contributed by atoms with van der Waals surface area (Å²) >= 11 is 0. The Labute approximate surface area is 599 Å². The molecule has 0 aliphatic carbocycles. The first kappa shape index (κ1) is 85.7. The number of methoxy groups -OCH3 is 2. The van der Waals surface area contributed by atoms with Crippen molar-refractivity contribution >= 4 is 86.8 Å². The van der Waals surface area contributed by atoms with Gasteiger partial charge in [-0.3, -0.25) is 57.7 Å². The summed E-state index contributed by atoms with van der Waals surface area (Å²) in [4.78, 5) is 155. The van der Waals surface area contributed by atoms with Crippen LogP contribution in [0.15, 0.2) is 71.6 Å². The van der Waals surface area contributed by atoms with Crippen molar-refractivity contribution in [2.75, 3.05) is 100.0 Å². The van der Waals surface area contributed by atoms with E-state index in [9.17, 15) is 52.7 Å². The molecule has 1 saturated heterocycles. The van der Waals surface area contributed by atoms with Crippen molar-refractivity contribution < 1.29 is 76.4 Å². The second-order valence-electron chi connectivity index (χ2n) is 26.8. The van der Waals surface area contributed by atoms with E-state index in [1.54, 1.807) is 68.8 Å². The first-order valence-electron chi connectivity index (χ1n) is 35.1. The molecule has 0 aromatic heterocycles. The van der Waals surface area contributed by atoms with Gasteiger partial charge in [0.1, 0.15) is 24.2 Å². The molecule has 0 bridgehead atoms. The number of benzene rings is 2. The van der Waals surface area contributed by atoms with Gasteiger partial charge in [0.25, 0.3) is 17.7 Å². The molecule has 564 valence electrons. The molecule has 1 unspecified atom stereocenters. The average molecular weight is 1440 g/mol. The second kappa shape index (κ2) is 44.0. The highest BCUT2D eigenvalue weighted by Gasteiger charge is 2.44. The van der Waals surface area contributed by atoms with Gasteiger partial charge in [0.05, 0.1) is 88.9 Å². The number of likely N-dealkylation sites (tertiary alicyclic amines) is 1. The van der Waals surface area contributed by atoms with Crippen molar-refractivity contribution in [1.82, 2.24) is 50.9 Å². The van der Waals surface area contributed by atoms with E-state index >= 15 is 0 Å². The molecule has 29 heteroatoms. The Morgan fingerprint density at radius 3 is 1.85 bits per heavy atom. The third-order valence-electron chi connectivity index (χ3n) is 18.1. The number of nitrogens with one attached hydrogen (secondary N) is 7. The van der Waals surface area contributed by atoms with E-state index in [1.807, 2.05) is 96.2 Å². The maximum Gasteiger partial charge on any atom is 0.312 e. The summed E-state index contributed by atoms with van der Waals surface area (Å²) in [6.45, 7) is 20.4. The van der Waals surface area contributed by atoms with Crippen molar-refractivity contribution in [2.45, 2.75) is 180 Å². The Bertz CT molecular complexity index is 3070. The van der Waals surface area contributed by atoms with Gasteiger partial charge in [-0.05, 0) is 106 Å². The zero-order valence-corrected chi connectivity index (χ0v) is 62.7. The summed E-state index contributed by atoms with van der Waals surface area (Å²) in [6, 6.07) is 9.69. The van der Waals surface area contributed by atoms with Gasteiger partial charge in [0.2, 0.25) is 41.4 Å². The lowest BCUT2D eigenvalue weighted by Gasteiger charge is -2.41. The van der Waals surface area contributed by atoms with Gasteiger partial charge >= 0.3 is 6.03 Å². The molecule has 12 amide bonds. The minimum Gasteiger partial charge on any atom is -0.379 e. The van der Waals surface area contributed by atoms with Crippen molar-refractivity contribution in [3.8, 4) is 0 Å². The van der Waals surface area contributed by atoms with Crippen LogP contribution >= 0.6 is 10.7 Å². The van der Waals surface area contributed by atoms with Crippen LogP contribution in [0, 0.1) is 29.6 Å². The van der Waals surface area contributed by atoms with Crippen molar-refractivity contribution in [3.63, 3.8) is 0 Å². The molecule has 0 saturated carbocycles. The summed E-state index contributed by atoms with van der Waals surface area (Å²) in [5, 5.41) is 18.7. The third-order valence-corrected chi connectivity index (χ3v) is 19.8. The fraction of sp³-hybridized carbons (Fsp3) is 0.639. The third kappa shape index (κ3) is 27.2. The maximum atomic E-state index is 14.7. The molecular formula is C72H114N12O16S. The van der Waals surface area contributed by atoms with Crippen LogP contribution in [0.25, 0.3) is 0 Å². The van der Waals surface area contributed by atoms with Crippen molar-refractivity contribution in [2.24, 2.45) is 35.3 Å². The number of anilines is 1. The lowest BCUT2D eigenvalue weighted by atomic mass is 9.89. The van der Waals surface area contributed by atoms with Crippen LogP contribution in [-0.2, 0) is 78.1 Å². The smallest absolute Gasteiger partial charge is 0.312 e. The highest BCUT2D eigenvalue weighted by Crippen LogP contribution is 2.31. The van der Waals surface area contributed by atoms with Crippen LogP contribution in [0.5, 0.6) is 0 Å². The van der Waals surface area contributed by atoms with Crippen LogP contribution in [0.3, 0.4) is 0 Å². The SMILES string of the molecule is C/C=S(/NC(=O)[C@H](Cc1ccccc1)NC(=O)[C@H](C)[C@@H](OC)[C@@H]1CCCN1C(=O)C[C@@H](OC)[C@H]([C@@H](C)CC)N(C)C(=O)[C@@H](NC(=O)[C@H](C(C)C)N(C)C)C(C)C)c1ccc(NC(=O)[C@H](CCCNC(N)=O)NC(=O)[C@@H](NC(=O)CCOCCOCCOCCN2C(=O)C=CC2=O)C(C)C)cc1. The molecule has 28 nitrogen and oxygen atoms in total. The predicted octanol–water partition coefficient (Wildman–Crippen LogP) is 3.92. The van der Waals surface area contributed by atoms with Crippen LogP contribution < -0.4 is 42.4 Å². The van der Waals surface area contributed by atoms with E-state index in [0.29, 0.717) is 36.4 Å². The minimum absolute atomic E-state index is 0.00979. The molecule has 12 atom stereocenters. The molecule has 1 fully saturated rings. The zero-order valence-electron chi connectivity index (χ0n) is 61.8. The fourth-order valence-corrected chi connectivity index (χ4v) is 13.8. The molecule has 4 rings (SSSR count). The van der Waals surface area contributed by atoms with E-state index < -0.39 is 113 Å². The van der Waals surface area contributed by atoms with Gasteiger partial charge in [-0.1, -0.05) is 110 Å². The first-order chi connectivity index (χ1) is 48.0. The molecule has 2 aromatic rings. The van der Waals surface area contributed by atoms with E-state index in [1.165, 1.54) is 26.4 Å². The van der Waals surface area contributed by atoms with Gasteiger partial charge in [0.15, 0.2) is 0 Å². The molecule has 0 radical (unpaired) electrons. The van der Waals surface area contributed by atoms with E-state index in [4.69, 9.17) is 29.4 Å². The lowest BCUT2D eigenvalue weighted by Crippen LogP contribution is -2.59. The Hall–Kier alpha value is -7.67. The van der Waals surface area contributed by atoms with E-state index in [-0.39, 0.29) is 132 Å². The van der Waals surface area contributed by atoms with Crippen molar-refractivity contribution in [3.05, 3.63) is 72.3 Å². The van der Waals surface area contributed by atoms with Crippen molar-refractivity contribution in [1.29, 1.82) is 0 Å². The number of amides is 12. The van der Waals surface area contributed by atoms with Crippen LogP contribution in [0.2, 0.25) is 0 Å². The van der Waals surface area contributed by atoms with Gasteiger partial charge in [0, 0.05) is 69.9 Å². The molecular weight excluding hydrogens is 1320 g/mol. The van der Waals surface area contributed by atoms with Crippen LogP contribution in [-0.4, -0.2) is 239 Å². The number of ether oxygens (including phenoxy) is 5. The lowest BCUT2D eigenvalue weighted by molar-refractivity contribution is -0.148. The normalized spacial score (nSPS) is 17.2. The first-order valence-corrected chi connectivity index (χ1v) is 36.4. The monoisotopic (exact) mass is 1430 g/mol. The van der Waals surface area contributed by atoms with Gasteiger partial charge in [-0.2, -0.15) is 0 Å².